The Morgan fingerprint density at radius 1 is 1.69 bits per heavy atom. The Morgan fingerprint density at radius 2 is 2.31 bits per heavy atom. The number of hydrogen-bond donors (Lipinski definition) is 0. The summed E-state index contributed by atoms with van der Waals surface area (Å²) in [5.74, 6) is 0. The van der Waals surface area contributed by atoms with Crippen molar-refractivity contribution in [1.82, 2.24) is 4.98 Å². The second-order valence-corrected chi connectivity index (χ2v) is 3.80. The summed E-state index contributed by atoms with van der Waals surface area (Å²) in [5.41, 5.74) is 0.295. The second-order valence-electron chi connectivity index (χ2n) is 1.84. The van der Waals surface area contributed by atoms with Gasteiger partial charge in [0.1, 0.15) is 6.07 Å². The molecule has 0 saturated heterocycles. The van der Waals surface area contributed by atoms with Gasteiger partial charge in [0.15, 0.2) is 0 Å². The standard InChI is InChI=1S/C7H3BrClN2S.Zn/c1-12-5-2-6(9)11-4(3-10)7(5)8;/h1H3;/q-1;. The summed E-state index contributed by atoms with van der Waals surface area (Å²) < 4.78 is 0.655. The van der Waals surface area contributed by atoms with Crippen LogP contribution in [0.15, 0.2) is 9.37 Å². The van der Waals surface area contributed by atoms with Crippen LogP contribution in [0.25, 0.3) is 0 Å². The molecule has 0 aliphatic rings. The minimum absolute atomic E-state index is 0. The van der Waals surface area contributed by atoms with Gasteiger partial charge in [0.05, 0.1) is 5.69 Å². The van der Waals surface area contributed by atoms with Crippen molar-refractivity contribution in [2.75, 3.05) is 6.26 Å². The van der Waals surface area contributed by atoms with Crippen LogP contribution < -0.4 is 0 Å². The third-order valence-corrected chi connectivity index (χ3v) is 3.07. The quantitative estimate of drug-likeness (QED) is 0.344. The first kappa shape index (κ1) is 13.4. The Bertz CT molecular complexity index is 353. The fourth-order valence-corrected chi connectivity index (χ4v) is 2.12. The largest absolute Gasteiger partial charge is 0.264 e. The zero-order chi connectivity index (χ0) is 9.14. The molecule has 1 rings (SSSR count). The number of thioether (sulfide) groups is 1. The molecule has 0 N–H and O–H groups in total. The summed E-state index contributed by atoms with van der Waals surface area (Å²) >= 11 is 10.3. The molecule has 0 saturated carbocycles. The van der Waals surface area contributed by atoms with E-state index in [4.69, 9.17) is 16.9 Å². The van der Waals surface area contributed by atoms with Crippen LogP contribution in [0, 0.1) is 17.4 Å². The van der Waals surface area contributed by atoms with Crippen LogP contribution in [-0.2, 0) is 19.5 Å². The van der Waals surface area contributed by atoms with Gasteiger partial charge in [-0.15, -0.1) is 4.90 Å². The Balaban J connectivity index is 0.00000144. The maximum Gasteiger partial charge on any atom is 0.100 e. The van der Waals surface area contributed by atoms with E-state index in [1.165, 1.54) is 11.8 Å². The van der Waals surface area contributed by atoms with Crippen LogP contribution in [0.4, 0.5) is 0 Å². The third-order valence-electron chi connectivity index (χ3n) is 1.14. The molecule has 1 aromatic rings. The fraction of sp³-hybridized carbons (Fsp3) is 0.143. The van der Waals surface area contributed by atoms with Crippen molar-refractivity contribution in [3.63, 3.8) is 0 Å². The maximum absolute atomic E-state index is 8.64. The van der Waals surface area contributed by atoms with Crippen molar-refractivity contribution >= 4 is 39.3 Å². The summed E-state index contributed by atoms with van der Waals surface area (Å²) in [6, 6.07) is 4.75. The molecular weight excluding hydrogens is 325 g/mol. The van der Waals surface area contributed by atoms with E-state index < -0.39 is 0 Å². The summed E-state index contributed by atoms with van der Waals surface area (Å²) in [5, 5.41) is 8.86. The van der Waals surface area contributed by atoms with Gasteiger partial charge in [-0.25, -0.2) is 0 Å². The van der Waals surface area contributed by atoms with E-state index >= 15 is 0 Å². The molecule has 13 heavy (non-hydrogen) atoms. The van der Waals surface area contributed by atoms with Crippen molar-refractivity contribution in [3.05, 3.63) is 21.4 Å². The molecule has 0 aliphatic heterocycles. The molecule has 0 bridgehead atoms. The predicted molar refractivity (Wildman–Crippen MR) is 52.3 cm³/mol. The van der Waals surface area contributed by atoms with E-state index in [0.29, 0.717) is 10.2 Å². The van der Waals surface area contributed by atoms with Gasteiger partial charge in [-0.1, -0.05) is 16.1 Å². The smallest absolute Gasteiger partial charge is 0.100 e. The molecule has 0 aliphatic carbocycles. The van der Waals surface area contributed by atoms with Gasteiger partial charge in [0.2, 0.25) is 0 Å². The first-order chi connectivity index (χ1) is 5.69. The van der Waals surface area contributed by atoms with Crippen LogP contribution in [0.1, 0.15) is 5.69 Å². The molecule has 0 atom stereocenters. The number of nitriles is 1. The van der Waals surface area contributed by atoms with E-state index in [2.05, 4.69) is 27.0 Å². The monoisotopic (exact) mass is 325 g/mol. The summed E-state index contributed by atoms with van der Waals surface area (Å²) in [6.45, 7) is 0. The van der Waals surface area contributed by atoms with E-state index in [9.17, 15) is 0 Å². The second kappa shape index (κ2) is 5.98. The van der Waals surface area contributed by atoms with Crippen LogP contribution >= 0.6 is 39.3 Å². The number of rotatable bonds is 1. The molecule has 0 unspecified atom stereocenters. The average molecular weight is 328 g/mol. The molecule has 6 heteroatoms. The molecule has 2 nitrogen and oxygen atoms in total. The fourth-order valence-electron chi connectivity index (χ4n) is 0.646. The minimum atomic E-state index is 0. The van der Waals surface area contributed by atoms with Gasteiger partial charge in [-0.3, -0.25) is 4.98 Å². The molecule has 0 radical (unpaired) electrons. The van der Waals surface area contributed by atoms with Crippen molar-refractivity contribution in [3.8, 4) is 6.07 Å². The van der Waals surface area contributed by atoms with Gasteiger partial charge < -0.3 is 0 Å². The van der Waals surface area contributed by atoms with Crippen LogP contribution in [0.2, 0.25) is 5.15 Å². The van der Waals surface area contributed by atoms with Gasteiger partial charge in [0.25, 0.3) is 0 Å². The molecular formula is C7H3BrClN2SZn-. The molecule has 0 aromatic carbocycles. The number of hydrogen-bond acceptors (Lipinski definition) is 3. The van der Waals surface area contributed by atoms with E-state index in [0.717, 1.165) is 4.90 Å². The number of nitrogens with zero attached hydrogens (tertiary/aromatic N) is 2. The van der Waals surface area contributed by atoms with Crippen LogP contribution in [0.3, 0.4) is 0 Å². The van der Waals surface area contributed by atoms with Gasteiger partial charge in [-0.2, -0.15) is 39.0 Å². The van der Waals surface area contributed by atoms with E-state index in [1.807, 2.05) is 12.3 Å². The van der Waals surface area contributed by atoms with Crippen LogP contribution in [-0.4, -0.2) is 11.2 Å². The number of aromatic nitrogens is 1. The SMILES string of the molecule is CSc1[c-]c(Cl)nc(C#N)c1Br.[Zn]. The Hall–Kier alpha value is 0.383. The van der Waals surface area contributed by atoms with Crippen molar-refractivity contribution in [1.29, 1.82) is 5.26 Å². The van der Waals surface area contributed by atoms with Crippen molar-refractivity contribution in [2.45, 2.75) is 4.90 Å². The number of pyridine rings is 1. The Kier molecular flexibility index (Phi) is 6.15. The first-order valence-corrected chi connectivity index (χ1v) is 5.31. The zero-order valence-electron chi connectivity index (χ0n) is 6.77. The Morgan fingerprint density at radius 3 is 2.77 bits per heavy atom. The zero-order valence-corrected chi connectivity index (χ0v) is 12.9. The van der Waals surface area contributed by atoms with E-state index in [-0.39, 0.29) is 24.6 Å². The third kappa shape index (κ3) is 3.21. The first-order valence-electron chi connectivity index (χ1n) is 2.91. The molecule has 0 spiro atoms. The molecule has 1 heterocycles. The van der Waals surface area contributed by atoms with Gasteiger partial charge in [-0.05, 0) is 6.26 Å². The molecule has 0 amide bonds. The topological polar surface area (TPSA) is 36.7 Å². The maximum atomic E-state index is 8.64. The van der Waals surface area contributed by atoms with E-state index in [1.54, 1.807) is 0 Å². The van der Waals surface area contributed by atoms with Crippen molar-refractivity contribution in [2.24, 2.45) is 0 Å². The summed E-state index contributed by atoms with van der Waals surface area (Å²) in [7, 11) is 0. The van der Waals surface area contributed by atoms with Gasteiger partial charge >= 0.3 is 0 Å². The van der Waals surface area contributed by atoms with Gasteiger partial charge in [0, 0.05) is 24.6 Å². The summed E-state index contributed by atoms with van der Waals surface area (Å²) in [6.07, 6.45) is 1.88. The average Bonchev–Trinajstić information content (AvgIpc) is 2.08. The number of halogens is 2. The normalized spacial score (nSPS) is 8.77. The van der Waals surface area contributed by atoms with Crippen LogP contribution in [0.5, 0.6) is 0 Å². The minimum Gasteiger partial charge on any atom is -0.264 e. The predicted octanol–water partition coefficient (Wildman–Crippen LogP) is 2.89. The molecule has 0 fully saturated rings. The summed E-state index contributed by atoms with van der Waals surface area (Å²) in [4.78, 5) is 4.59. The Labute approximate surface area is 107 Å². The molecule has 64 valence electrons. The van der Waals surface area contributed by atoms with Crippen molar-refractivity contribution < 1.29 is 19.5 Å². The molecule has 1 aromatic heterocycles.